The molecule has 0 bridgehead atoms. The zero-order valence-corrected chi connectivity index (χ0v) is 15.5. The molecule has 7 nitrogen and oxygen atoms in total. The fourth-order valence-electron chi connectivity index (χ4n) is 3.67. The Kier molecular flexibility index (Phi) is 4.62. The predicted molar refractivity (Wildman–Crippen MR) is 96.0 cm³/mol. The Bertz CT molecular complexity index is 873. The summed E-state index contributed by atoms with van der Waals surface area (Å²) < 4.78 is 5.35. The molecule has 1 unspecified atom stereocenters. The highest BCUT2D eigenvalue weighted by Crippen LogP contribution is 2.36. The Morgan fingerprint density at radius 2 is 1.85 bits per heavy atom. The van der Waals surface area contributed by atoms with Crippen molar-refractivity contribution in [3.05, 3.63) is 46.6 Å². The lowest BCUT2D eigenvalue weighted by Gasteiger charge is -2.19. The summed E-state index contributed by atoms with van der Waals surface area (Å²) in [4.78, 5) is 30.9. The van der Waals surface area contributed by atoms with E-state index < -0.39 is 11.6 Å². The van der Waals surface area contributed by atoms with E-state index in [4.69, 9.17) is 10.3 Å². The van der Waals surface area contributed by atoms with E-state index in [1.165, 1.54) is 4.90 Å². The minimum atomic E-state index is -0.640. The number of carbonyl (C=O) groups is 2. The quantitative estimate of drug-likeness (QED) is 0.826. The summed E-state index contributed by atoms with van der Waals surface area (Å²) in [6.45, 7) is 3.60. The molecule has 2 heterocycles. The highest BCUT2D eigenvalue weighted by Gasteiger charge is 2.42. The van der Waals surface area contributed by atoms with Crippen molar-refractivity contribution >= 4 is 24.2 Å². The Morgan fingerprint density at radius 1 is 1.19 bits per heavy atom. The van der Waals surface area contributed by atoms with Gasteiger partial charge in [0.05, 0.1) is 16.7 Å². The van der Waals surface area contributed by atoms with E-state index in [1.807, 2.05) is 13.0 Å². The molecule has 1 aliphatic heterocycles. The van der Waals surface area contributed by atoms with Crippen LogP contribution in [0.3, 0.4) is 0 Å². The molecule has 2 aromatic rings. The van der Waals surface area contributed by atoms with Crippen molar-refractivity contribution in [1.82, 2.24) is 15.0 Å². The lowest BCUT2D eigenvalue weighted by molar-refractivity contribution is 0.0568. The van der Waals surface area contributed by atoms with Crippen LogP contribution in [0.1, 0.15) is 76.6 Å². The van der Waals surface area contributed by atoms with Crippen LogP contribution in [0, 0.1) is 6.92 Å². The minimum absolute atomic E-state index is 0. The van der Waals surface area contributed by atoms with Crippen LogP contribution in [0.2, 0.25) is 0 Å². The number of aryl methyl sites for hydroxylation is 1. The number of aromatic nitrogens is 2. The van der Waals surface area contributed by atoms with Crippen molar-refractivity contribution in [3.63, 3.8) is 0 Å². The van der Waals surface area contributed by atoms with Gasteiger partial charge < -0.3 is 10.3 Å². The first kappa shape index (κ1) is 18.5. The van der Waals surface area contributed by atoms with E-state index in [-0.39, 0.29) is 30.1 Å². The molecule has 1 fully saturated rings. The molecule has 0 spiro atoms. The van der Waals surface area contributed by atoms with E-state index in [0.717, 1.165) is 31.2 Å². The van der Waals surface area contributed by atoms with Gasteiger partial charge in [0, 0.05) is 0 Å². The molecule has 1 aliphatic carbocycles. The van der Waals surface area contributed by atoms with Crippen LogP contribution in [0.5, 0.6) is 0 Å². The third kappa shape index (κ3) is 2.71. The largest absolute Gasteiger partial charge is 0.337 e. The summed E-state index contributed by atoms with van der Waals surface area (Å²) in [6.07, 6.45) is 3.70. The van der Waals surface area contributed by atoms with Crippen molar-refractivity contribution in [2.45, 2.75) is 51.1 Å². The van der Waals surface area contributed by atoms with Crippen LogP contribution in [-0.4, -0.2) is 26.9 Å². The fraction of sp³-hybridized carbons (Fsp3) is 0.444. The highest BCUT2D eigenvalue weighted by atomic mass is 35.5. The Balaban J connectivity index is 0.00000196. The van der Waals surface area contributed by atoms with Gasteiger partial charge in [0.15, 0.2) is 5.82 Å². The average molecular weight is 377 g/mol. The van der Waals surface area contributed by atoms with Crippen molar-refractivity contribution in [3.8, 4) is 0 Å². The van der Waals surface area contributed by atoms with E-state index in [2.05, 4.69) is 10.1 Å². The molecule has 2 N–H and O–H groups in total. The number of nitrogens with two attached hydrogens (primary N) is 1. The van der Waals surface area contributed by atoms with E-state index in [1.54, 1.807) is 19.1 Å². The molecule has 0 saturated heterocycles. The Hall–Kier alpha value is -2.25. The Labute approximate surface area is 157 Å². The molecular formula is C18H21ClN4O3. The predicted octanol–water partition coefficient (Wildman–Crippen LogP) is 2.89. The number of benzene rings is 1. The third-order valence-corrected chi connectivity index (χ3v) is 5.20. The maximum Gasteiger partial charge on any atom is 0.262 e. The molecule has 2 amide bonds. The van der Waals surface area contributed by atoms with Crippen LogP contribution < -0.4 is 5.73 Å². The molecule has 0 radical (unpaired) electrons. The summed E-state index contributed by atoms with van der Waals surface area (Å²) in [5.41, 5.74) is 7.55. The van der Waals surface area contributed by atoms with Crippen LogP contribution in [0.4, 0.5) is 0 Å². The standard InChI is InChI=1S/C18H20N4O3.ClH/c1-10-5-6-12-13(9-10)16(24)22(15(12)23)11(2)14-20-17(21-25-14)18(19)7-3-4-8-18;/h5-6,9,11H,3-4,7-8,19H2,1-2H3;1H. The van der Waals surface area contributed by atoms with Gasteiger partial charge in [-0.2, -0.15) is 4.98 Å². The molecule has 1 aromatic carbocycles. The SMILES string of the molecule is Cc1ccc2c(c1)C(=O)N(C(C)c1nc(C3(N)CCCC3)no1)C2=O.Cl. The summed E-state index contributed by atoms with van der Waals surface area (Å²) in [5.74, 6) is 0.0205. The molecule has 138 valence electrons. The highest BCUT2D eigenvalue weighted by molar-refractivity contribution is 6.21. The second-order valence-electron chi connectivity index (χ2n) is 7.02. The monoisotopic (exact) mass is 376 g/mol. The van der Waals surface area contributed by atoms with Crippen LogP contribution >= 0.6 is 12.4 Å². The summed E-state index contributed by atoms with van der Waals surface area (Å²) >= 11 is 0. The number of carbonyl (C=O) groups excluding carboxylic acids is 2. The van der Waals surface area contributed by atoms with E-state index >= 15 is 0 Å². The number of halogens is 1. The first-order valence-corrected chi connectivity index (χ1v) is 8.52. The van der Waals surface area contributed by atoms with Crippen LogP contribution in [0.15, 0.2) is 22.7 Å². The van der Waals surface area contributed by atoms with Crippen LogP contribution in [0.25, 0.3) is 0 Å². The van der Waals surface area contributed by atoms with E-state index in [9.17, 15) is 9.59 Å². The van der Waals surface area contributed by atoms with Gasteiger partial charge in [0.2, 0.25) is 5.89 Å². The van der Waals surface area contributed by atoms with Crippen LogP contribution in [-0.2, 0) is 5.54 Å². The summed E-state index contributed by atoms with van der Waals surface area (Å²) in [6, 6.07) is 4.60. The zero-order valence-electron chi connectivity index (χ0n) is 14.7. The van der Waals surface area contributed by atoms with Gasteiger partial charge in [-0.15, -0.1) is 12.4 Å². The van der Waals surface area contributed by atoms with Crippen molar-refractivity contribution in [2.75, 3.05) is 0 Å². The molecule has 2 aliphatic rings. The molecule has 8 heteroatoms. The van der Waals surface area contributed by atoms with Gasteiger partial charge in [-0.1, -0.05) is 29.6 Å². The maximum atomic E-state index is 12.7. The molecular weight excluding hydrogens is 356 g/mol. The fourth-order valence-corrected chi connectivity index (χ4v) is 3.67. The molecule has 26 heavy (non-hydrogen) atoms. The van der Waals surface area contributed by atoms with Gasteiger partial charge >= 0.3 is 0 Å². The number of amides is 2. The normalized spacial score (nSPS) is 19.4. The number of hydrogen-bond acceptors (Lipinski definition) is 6. The third-order valence-electron chi connectivity index (χ3n) is 5.20. The van der Waals surface area contributed by atoms with E-state index in [0.29, 0.717) is 17.0 Å². The zero-order chi connectivity index (χ0) is 17.8. The van der Waals surface area contributed by atoms with Crippen molar-refractivity contribution in [1.29, 1.82) is 0 Å². The Morgan fingerprint density at radius 3 is 2.54 bits per heavy atom. The molecule has 1 saturated carbocycles. The topological polar surface area (TPSA) is 102 Å². The second kappa shape index (κ2) is 6.48. The average Bonchev–Trinajstić information content (AvgIpc) is 3.28. The first-order chi connectivity index (χ1) is 11.9. The number of rotatable bonds is 3. The van der Waals surface area contributed by atoms with Gasteiger partial charge in [-0.25, -0.2) is 0 Å². The minimum Gasteiger partial charge on any atom is -0.337 e. The number of fused-ring (bicyclic) bond motifs is 1. The lowest BCUT2D eigenvalue weighted by atomic mass is 9.99. The molecule has 4 rings (SSSR count). The van der Waals surface area contributed by atoms with Gasteiger partial charge in [-0.3, -0.25) is 14.5 Å². The van der Waals surface area contributed by atoms with Gasteiger partial charge in [0.25, 0.3) is 11.8 Å². The van der Waals surface area contributed by atoms with Crippen molar-refractivity contribution < 1.29 is 14.1 Å². The van der Waals surface area contributed by atoms with Gasteiger partial charge in [-0.05, 0) is 38.8 Å². The molecule has 1 atom stereocenters. The van der Waals surface area contributed by atoms with Gasteiger partial charge in [0.1, 0.15) is 6.04 Å². The summed E-state index contributed by atoms with van der Waals surface area (Å²) in [5, 5.41) is 4.02. The molecule has 1 aromatic heterocycles. The smallest absolute Gasteiger partial charge is 0.262 e. The lowest BCUT2D eigenvalue weighted by Crippen LogP contribution is -2.35. The summed E-state index contributed by atoms with van der Waals surface area (Å²) in [7, 11) is 0. The van der Waals surface area contributed by atoms with Crippen molar-refractivity contribution in [2.24, 2.45) is 5.73 Å². The second-order valence-corrected chi connectivity index (χ2v) is 7.02. The number of hydrogen-bond donors (Lipinski definition) is 1. The number of imide groups is 1. The maximum absolute atomic E-state index is 12.7. The number of nitrogens with zero attached hydrogens (tertiary/aromatic N) is 3. The first-order valence-electron chi connectivity index (χ1n) is 8.52.